The number of aliphatic imine (C=N–C) groups is 1. The summed E-state index contributed by atoms with van der Waals surface area (Å²) < 4.78 is 11.5. The number of benzene rings is 1. The minimum Gasteiger partial charge on any atom is -0.444 e. The third-order valence-corrected chi connectivity index (χ3v) is 5.98. The lowest BCUT2D eigenvalue weighted by Gasteiger charge is -2.34. The van der Waals surface area contributed by atoms with Crippen LogP contribution in [-0.2, 0) is 16.1 Å². The van der Waals surface area contributed by atoms with E-state index in [4.69, 9.17) is 9.47 Å². The predicted octanol–water partition coefficient (Wildman–Crippen LogP) is 4.37. The van der Waals surface area contributed by atoms with Gasteiger partial charge in [-0.1, -0.05) is 30.3 Å². The van der Waals surface area contributed by atoms with Crippen molar-refractivity contribution in [1.82, 2.24) is 15.1 Å². The number of hydrogen-bond donors (Lipinski definition) is 1. The van der Waals surface area contributed by atoms with Crippen molar-refractivity contribution in [2.45, 2.75) is 52.2 Å². The largest absolute Gasteiger partial charge is 0.444 e. The molecule has 0 bridgehead atoms. The number of halogens is 1. The third kappa shape index (κ3) is 9.31. The maximum Gasteiger partial charge on any atom is 0.410 e. The molecule has 2 unspecified atom stereocenters. The quantitative estimate of drug-likeness (QED) is 0.312. The summed E-state index contributed by atoms with van der Waals surface area (Å²) in [6.07, 6.45) is 3.03. The topological polar surface area (TPSA) is 66.4 Å². The Labute approximate surface area is 216 Å². The number of nitrogens with zero attached hydrogens (tertiary/aromatic N) is 3. The van der Waals surface area contributed by atoms with Gasteiger partial charge in [0, 0.05) is 45.7 Å². The molecule has 8 heteroatoms. The van der Waals surface area contributed by atoms with Crippen molar-refractivity contribution < 1.29 is 14.3 Å². The van der Waals surface area contributed by atoms with Gasteiger partial charge < -0.3 is 24.6 Å². The van der Waals surface area contributed by atoms with Crippen LogP contribution < -0.4 is 5.32 Å². The molecule has 1 aromatic carbocycles. The van der Waals surface area contributed by atoms with Crippen LogP contribution >= 0.6 is 24.0 Å². The average Bonchev–Trinajstić information content (AvgIpc) is 3.23. The van der Waals surface area contributed by atoms with E-state index in [1.807, 2.05) is 50.9 Å². The normalized spacial score (nSPS) is 21.5. The average molecular weight is 573 g/mol. The molecule has 1 amide bonds. The molecular formula is C25H41IN4O3. The number of hydrogen-bond acceptors (Lipinski definition) is 4. The molecule has 0 radical (unpaired) electrons. The number of amides is 1. The molecule has 33 heavy (non-hydrogen) atoms. The molecule has 0 spiro atoms. The molecule has 1 N–H and O–H groups in total. The van der Waals surface area contributed by atoms with Crippen molar-refractivity contribution in [1.29, 1.82) is 0 Å². The molecule has 7 nitrogen and oxygen atoms in total. The molecule has 2 fully saturated rings. The molecule has 1 aromatic rings. The number of piperidine rings is 1. The van der Waals surface area contributed by atoms with E-state index in [-0.39, 0.29) is 30.1 Å². The predicted molar refractivity (Wildman–Crippen MR) is 143 cm³/mol. The Morgan fingerprint density at radius 1 is 1.09 bits per heavy atom. The van der Waals surface area contributed by atoms with Gasteiger partial charge in [0.05, 0.1) is 13.2 Å². The van der Waals surface area contributed by atoms with Crippen LogP contribution in [0.5, 0.6) is 0 Å². The Balaban J connectivity index is 0.00000385. The van der Waals surface area contributed by atoms with Crippen LogP contribution in [0.2, 0.25) is 0 Å². The van der Waals surface area contributed by atoms with Crippen LogP contribution in [0.1, 0.15) is 45.6 Å². The zero-order valence-corrected chi connectivity index (χ0v) is 22.9. The first-order valence-electron chi connectivity index (χ1n) is 11.9. The fourth-order valence-corrected chi connectivity index (χ4v) is 4.37. The SMILES string of the molecule is CN=C(NCC1CCCN(C(=O)OC(C)(C)C)C1)N1CCC(COCc2ccccc2)C1.I. The fraction of sp³-hybridized carbons (Fsp3) is 0.680. The van der Waals surface area contributed by atoms with E-state index in [1.165, 1.54) is 5.56 Å². The molecule has 186 valence electrons. The number of carbonyl (C=O) groups excluding carboxylic acids is 1. The Bertz CT molecular complexity index is 754. The molecule has 0 aliphatic carbocycles. The van der Waals surface area contributed by atoms with Gasteiger partial charge in [0.15, 0.2) is 5.96 Å². The standard InChI is InChI=1S/C25H40N4O3.HI/c1-25(2,3)32-24(30)29-13-8-11-21(16-29)15-27-23(26-4)28-14-12-22(17-28)19-31-18-20-9-6-5-7-10-20;/h5-7,9-10,21-22H,8,11-19H2,1-4H3,(H,26,27);1H. The van der Waals surface area contributed by atoms with Gasteiger partial charge in [0.25, 0.3) is 0 Å². The number of nitrogens with one attached hydrogen (secondary N) is 1. The highest BCUT2D eigenvalue weighted by Crippen LogP contribution is 2.20. The van der Waals surface area contributed by atoms with Crippen molar-refractivity contribution in [3.63, 3.8) is 0 Å². The van der Waals surface area contributed by atoms with E-state index in [1.54, 1.807) is 0 Å². The third-order valence-electron chi connectivity index (χ3n) is 5.98. The number of guanidine groups is 1. The molecule has 0 saturated carbocycles. The van der Waals surface area contributed by atoms with Crippen LogP contribution in [0.4, 0.5) is 4.79 Å². The van der Waals surface area contributed by atoms with Crippen molar-refractivity contribution in [2.75, 3.05) is 46.4 Å². The van der Waals surface area contributed by atoms with Gasteiger partial charge in [-0.15, -0.1) is 24.0 Å². The Morgan fingerprint density at radius 2 is 1.82 bits per heavy atom. The Kier molecular flexibility index (Phi) is 11.2. The van der Waals surface area contributed by atoms with E-state index in [0.717, 1.165) is 64.6 Å². The van der Waals surface area contributed by atoms with Gasteiger partial charge in [0.1, 0.15) is 5.60 Å². The number of carbonyl (C=O) groups is 1. The minimum absolute atomic E-state index is 0. The molecule has 2 aliphatic heterocycles. The summed E-state index contributed by atoms with van der Waals surface area (Å²) in [6.45, 7) is 11.5. The lowest BCUT2D eigenvalue weighted by Crippen LogP contribution is -2.47. The van der Waals surface area contributed by atoms with Gasteiger partial charge in [0.2, 0.25) is 0 Å². The van der Waals surface area contributed by atoms with Crippen molar-refractivity contribution in [2.24, 2.45) is 16.8 Å². The van der Waals surface area contributed by atoms with Crippen LogP contribution in [0.25, 0.3) is 0 Å². The summed E-state index contributed by atoms with van der Waals surface area (Å²) in [4.78, 5) is 21.1. The second kappa shape index (κ2) is 13.4. The number of likely N-dealkylation sites (tertiary alicyclic amines) is 2. The maximum absolute atomic E-state index is 12.4. The van der Waals surface area contributed by atoms with Gasteiger partial charge in [-0.3, -0.25) is 4.99 Å². The van der Waals surface area contributed by atoms with Crippen molar-refractivity contribution >= 4 is 36.0 Å². The van der Waals surface area contributed by atoms with Gasteiger partial charge in [-0.25, -0.2) is 4.79 Å². The molecule has 0 aromatic heterocycles. The number of ether oxygens (including phenoxy) is 2. The Morgan fingerprint density at radius 3 is 2.52 bits per heavy atom. The summed E-state index contributed by atoms with van der Waals surface area (Å²) in [5.41, 5.74) is 0.759. The van der Waals surface area contributed by atoms with E-state index < -0.39 is 5.60 Å². The monoisotopic (exact) mass is 572 g/mol. The van der Waals surface area contributed by atoms with Crippen molar-refractivity contribution in [3.05, 3.63) is 35.9 Å². The van der Waals surface area contributed by atoms with Crippen LogP contribution in [0, 0.1) is 11.8 Å². The van der Waals surface area contributed by atoms with Crippen LogP contribution in [0.3, 0.4) is 0 Å². The van der Waals surface area contributed by atoms with Gasteiger partial charge in [-0.05, 0) is 51.5 Å². The van der Waals surface area contributed by atoms with E-state index >= 15 is 0 Å². The first-order valence-corrected chi connectivity index (χ1v) is 11.9. The van der Waals surface area contributed by atoms with E-state index in [9.17, 15) is 4.79 Å². The first-order chi connectivity index (χ1) is 15.3. The summed E-state index contributed by atoms with van der Waals surface area (Å²) in [5, 5.41) is 3.55. The highest BCUT2D eigenvalue weighted by molar-refractivity contribution is 14.0. The molecule has 2 saturated heterocycles. The lowest BCUT2D eigenvalue weighted by atomic mass is 9.98. The zero-order chi connectivity index (χ0) is 23.0. The van der Waals surface area contributed by atoms with E-state index in [2.05, 4.69) is 27.3 Å². The summed E-state index contributed by atoms with van der Waals surface area (Å²) >= 11 is 0. The molecular weight excluding hydrogens is 531 g/mol. The van der Waals surface area contributed by atoms with Gasteiger partial charge >= 0.3 is 6.09 Å². The zero-order valence-electron chi connectivity index (χ0n) is 20.6. The molecule has 2 aliphatic rings. The van der Waals surface area contributed by atoms with Crippen molar-refractivity contribution in [3.8, 4) is 0 Å². The molecule has 3 rings (SSSR count). The first kappa shape index (κ1) is 27.7. The van der Waals surface area contributed by atoms with E-state index in [0.29, 0.717) is 18.4 Å². The van der Waals surface area contributed by atoms with Gasteiger partial charge in [-0.2, -0.15) is 0 Å². The minimum atomic E-state index is -0.457. The highest BCUT2D eigenvalue weighted by Gasteiger charge is 2.29. The second-order valence-corrected chi connectivity index (χ2v) is 9.96. The second-order valence-electron chi connectivity index (χ2n) is 9.96. The van der Waals surface area contributed by atoms with Crippen LogP contribution in [-0.4, -0.2) is 73.8 Å². The molecule has 2 atom stereocenters. The van der Waals surface area contributed by atoms with Crippen LogP contribution in [0.15, 0.2) is 35.3 Å². The number of rotatable bonds is 6. The summed E-state index contributed by atoms with van der Waals surface area (Å²) in [7, 11) is 1.84. The summed E-state index contributed by atoms with van der Waals surface area (Å²) in [5.74, 6) is 1.88. The highest BCUT2D eigenvalue weighted by atomic mass is 127. The maximum atomic E-state index is 12.4. The Hall–Kier alpha value is -1.55. The smallest absolute Gasteiger partial charge is 0.410 e. The molecule has 2 heterocycles. The summed E-state index contributed by atoms with van der Waals surface area (Å²) in [6, 6.07) is 10.3. The fourth-order valence-electron chi connectivity index (χ4n) is 4.37. The lowest BCUT2D eigenvalue weighted by molar-refractivity contribution is 0.0168.